The highest BCUT2D eigenvalue weighted by atomic mass is 32.2. The molecule has 0 spiro atoms. The molecular formula is C13H16N2OS. The van der Waals surface area contributed by atoms with E-state index in [-0.39, 0.29) is 0 Å². The zero-order valence-electron chi connectivity index (χ0n) is 10.1. The zero-order valence-corrected chi connectivity index (χ0v) is 11.0. The van der Waals surface area contributed by atoms with E-state index in [2.05, 4.69) is 9.97 Å². The molecule has 0 N–H and O–H groups in total. The van der Waals surface area contributed by atoms with Gasteiger partial charge in [0.25, 0.3) is 0 Å². The smallest absolute Gasteiger partial charge is 0.118 e. The Morgan fingerprint density at radius 3 is 2.59 bits per heavy atom. The molecule has 0 saturated heterocycles. The Balaban J connectivity index is 2.14. The van der Waals surface area contributed by atoms with Crippen molar-refractivity contribution in [3.63, 3.8) is 0 Å². The van der Waals surface area contributed by atoms with E-state index in [0.717, 1.165) is 40.7 Å². The van der Waals surface area contributed by atoms with E-state index < -0.39 is 0 Å². The lowest BCUT2D eigenvalue weighted by molar-refractivity contribution is 0.164. The third kappa shape index (κ3) is 3.17. The summed E-state index contributed by atoms with van der Waals surface area (Å²) in [5.41, 5.74) is 2.90. The van der Waals surface area contributed by atoms with Crippen molar-refractivity contribution in [1.29, 1.82) is 0 Å². The van der Waals surface area contributed by atoms with Crippen LogP contribution in [0.3, 0.4) is 0 Å². The van der Waals surface area contributed by atoms with Gasteiger partial charge in [0.2, 0.25) is 0 Å². The van der Waals surface area contributed by atoms with Gasteiger partial charge in [0.1, 0.15) is 5.03 Å². The predicted octanol–water partition coefficient (Wildman–Crippen LogP) is 3.07. The van der Waals surface area contributed by atoms with Gasteiger partial charge in [-0.2, -0.15) is 0 Å². The van der Waals surface area contributed by atoms with Gasteiger partial charge in [0.05, 0.1) is 23.3 Å². The molecule has 0 amide bonds. The molecule has 4 heteroatoms. The first kappa shape index (κ1) is 12.3. The quantitative estimate of drug-likeness (QED) is 0.601. The first-order valence-corrected chi connectivity index (χ1v) is 6.73. The molecule has 2 rings (SSSR count). The van der Waals surface area contributed by atoms with Gasteiger partial charge in [-0.3, -0.25) is 0 Å². The van der Waals surface area contributed by atoms with Gasteiger partial charge in [0.15, 0.2) is 0 Å². The van der Waals surface area contributed by atoms with Crippen molar-refractivity contribution < 1.29 is 4.74 Å². The van der Waals surface area contributed by atoms with Crippen molar-refractivity contribution in [2.75, 3.05) is 19.0 Å². The summed E-state index contributed by atoms with van der Waals surface area (Å²) in [6, 6.07) is 7.96. The van der Waals surface area contributed by atoms with Gasteiger partial charge in [-0.05, 0) is 26.0 Å². The summed E-state index contributed by atoms with van der Waals surface area (Å²) in [4.78, 5) is 9.17. The number of aryl methyl sites for hydroxylation is 1. The van der Waals surface area contributed by atoms with Gasteiger partial charge >= 0.3 is 0 Å². The minimum Gasteiger partial charge on any atom is -0.381 e. The van der Waals surface area contributed by atoms with Gasteiger partial charge in [-0.15, -0.1) is 11.8 Å². The van der Waals surface area contributed by atoms with Crippen molar-refractivity contribution in [2.45, 2.75) is 18.9 Å². The number of rotatable bonds is 5. The maximum atomic E-state index is 5.31. The highest BCUT2D eigenvalue weighted by Crippen LogP contribution is 2.21. The first-order valence-electron chi connectivity index (χ1n) is 5.75. The fourth-order valence-corrected chi connectivity index (χ4v) is 2.36. The van der Waals surface area contributed by atoms with Crippen molar-refractivity contribution in [3.8, 4) is 0 Å². The van der Waals surface area contributed by atoms with Gasteiger partial charge in [-0.25, -0.2) is 9.97 Å². The lowest BCUT2D eigenvalue weighted by atomic mass is 10.3. The lowest BCUT2D eigenvalue weighted by Crippen LogP contribution is -1.98. The number of hydrogen-bond donors (Lipinski definition) is 0. The fraction of sp³-hybridized carbons (Fsp3) is 0.385. The largest absolute Gasteiger partial charge is 0.381 e. The van der Waals surface area contributed by atoms with E-state index in [0.29, 0.717) is 0 Å². The summed E-state index contributed by atoms with van der Waals surface area (Å²) in [6.07, 6.45) is 0. The van der Waals surface area contributed by atoms with Crippen molar-refractivity contribution in [2.24, 2.45) is 0 Å². The number of benzene rings is 1. The number of aromatic nitrogens is 2. The lowest BCUT2D eigenvalue weighted by Gasteiger charge is -2.06. The van der Waals surface area contributed by atoms with E-state index in [9.17, 15) is 0 Å². The number of fused-ring (bicyclic) bond motifs is 1. The normalized spacial score (nSPS) is 10.9. The van der Waals surface area contributed by atoms with Crippen LogP contribution in [0.25, 0.3) is 11.0 Å². The third-order valence-electron chi connectivity index (χ3n) is 2.37. The van der Waals surface area contributed by atoms with Crippen molar-refractivity contribution >= 4 is 22.8 Å². The highest BCUT2D eigenvalue weighted by Gasteiger charge is 2.04. The molecule has 0 aliphatic carbocycles. The second kappa shape index (κ2) is 5.98. The highest BCUT2D eigenvalue weighted by molar-refractivity contribution is 7.99. The molecule has 90 valence electrons. The summed E-state index contributed by atoms with van der Waals surface area (Å²) in [5.74, 6) is 0.918. The van der Waals surface area contributed by atoms with Crippen LogP contribution in [0.15, 0.2) is 29.3 Å². The Kier molecular flexibility index (Phi) is 4.34. The molecule has 0 fully saturated rings. The molecule has 2 aromatic rings. The van der Waals surface area contributed by atoms with Crippen molar-refractivity contribution in [3.05, 3.63) is 30.0 Å². The average molecular weight is 248 g/mol. The Morgan fingerprint density at radius 1 is 1.18 bits per heavy atom. The molecule has 0 unspecified atom stereocenters. The molecule has 0 aliphatic rings. The van der Waals surface area contributed by atoms with Crippen LogP contribution in [-0.2, 0) is 4.74 Å². The Hall–Kier alpha value is -1.13. The molecule has 0 bridgehead atoms. The zero-order chi connectivity index (χ0) is 12.1. The number of ether oxygens (including phenoxy) is 1. The Bertz CT molecular complexity index is 502. The van der Waals surface area contributed by atoms with Crippen LogP contribution in [0.1, 0.15) is 12.6 Å². The van der Waals surface area contributed by atoms with Crippen LogP contribution in [0.4, 0.5) is 0 Å². The van der Waals surface area contributed by atoms with Gasteiger partial charge in [-0.1, -0.05) is 12.1 Å². The first-order chi connectivity index (χ1) is 8.31. The molecule has 1 aromatic carbocycles. The monoisotopic (exact) mass is 248 g/mol. The van der Waals surface area contributed by atoms with E-state index in [1.807, 2.05) is 38.1 Å². The van der Waals surface area contributed by atoms with Gasteiger partial charge in [0, 0.05) is 12.4 Å². The molecule has 1 aromatic heterocycles. The van der Waals surface area contributed by atoms with Crippen LogP contribution in [-0.4, -0.2) is 28.9 Å². The molecule has 1 heterocycles. The predicted molar refractivity (Wildman–Crippen MR) is 71.5 cm³/mol. The number of para-hydroxylation sites is 2. The molecular weight excluding hydrogens is 232 g/mol. The summed E-state index contributed by atoms with van der Waals surface area (Å²) >= 11 is 1.70. The Labute approximate surface area is 106 Å². The molecule has 17 heavy (non-hydrogen) atoms. The standard InChI is InChI=1S/C13H16N2OS/c1-3-16-8-9-17-13-10(2)14-11-6-4-5-7-12(11)15-13/h4-7H,3,8-9H2,1-2H3. The fourth-order valence-electron chi connectivity index (χ4n) is 1.55. The van der Waals surface area contributed by atoms with Crippen molar-refractivity contribution in [1.82, 2.24) is 9.97 Å². The topological polar surface area (TPSA) is 35.0 Å². The van der Waals surface area contributed by atoms with Gasteiger partial charge < -0.3 is 4.74 Å². The minimum absolute atomic E-state index is 0.759. The maximum absolute atomic E-state index is 5.31. The molecule has 3 nitrogen and oxygen atoms in total. The van der Waals surface area contributed by atoms with Crippen LogP contribution in [0, 0.1) is 6.92 Å². The van der Waals surface area contributed by atoms with E-state index in [1.54, 1.807) is 11.8 Å². The van der Waals surface area contributed by atoms with Crippen LogP contribution in [0.5, 0.6) is 0 Å². The van der Waals surface area contributed by atoms with Crippen LogP contribution in [0.2, 0.25) is 0 Å². The third-order valence-corrected chi connectivity index (χ3v) is 3.40. The SMILES string of the molecule is CCOCCSc1nc2ccccc2nc1C. The minimum atomic E-state index is 0.759. The molecule has 0 atom stereocenters. The summed E-state index contributed by atoms with van der Waals surface area (Å²) < 4.78 is 5.31. The summed E-state index contributed by atoms with van der Waals surface area (Å²) in [7, 11) is 0. The van der Waals surface area contributed by atoms with Crippen LogP contribution >= 0.6 is 11.8 Å². The number of nitrogens with zero attached hydrogens (tertiary/aromatic N) is 2. The maximum Gasteiger partial charge on any atom is 0.118 e. The van der Waals surface area contributed by atoms with E-state index in [1.165, 1.54) is 0 Å². The molecule has 0 aliphatic heterocycles. The second-order valence-corrected chi connectivity index (χ2v) is 4.73. The van der Waals surface area contributed by atoms with Crippen LogP contribution < -0.4 is 0 Å². The second-order valence-electron chi connectivity index (χ2n) is 3.65. The number of hydrogen-bond acceptors (Lipinski definition) is 4. The molecule has 0 radical (unpaired) electrons. The van der Waals surface area contributed by atoms with E-state index >= 15 is 0 Å². The average Bonchev–Trinajstić information content (AvgIpc) is 2.35. The summed E-state index contributed by atoms with van der Waals surface area (Å²) in [6.45, 7) is 5.53. The molecule has 0 saturated carbocycles. The summed E-state index contributed by atoms with van der Waals surface area (Å²) in [5, 5.41) is 1.00. The Morgan fingerprint density at radius 2 is 1.88 bits per heavy atom. The number of thioether (sulfide) groups is 1. The van der Waals surface area contributed by atoms with E-state index in [4.69, 9.17) is 4.74 Å².